The van der Waals surface area contributed by atoms with Crippen LogP contribution in [-0.2, 0) is 25.7 Å². The molecular formula is C24H36N2O6. The van der Waals surface area contributed by atoms with Crippen molar-refractivity contribution < 1.29 is 29.0 Å². The summed E-state index contributed by atoms with van der Waals surface area (Å²) in [5.74, 6) is -0.592. The Bertz CT molecular complexity index is 785. The van der Waals surface area contributed by atoms with Crippen LogP contribution in [0, 0.1) is 5.41 Å². The molecule has 2 amide bonds. The number of methoxy groups -OCH3 is 1. The largest absolute Gasteiger partial charge is 0.389 e. The van der Waals surface area contributed by atoms with E-state index in [9.17, 15) is 19.2 Å². The molecule has 0 spiro atoms. The molecule has 8 nitrogen and oxygen atoms in total. The number of amides is 2. The molecule has 178 valence electrons. The van der Waals surface area contributed by atoms with E-state index in [1.807, 2.05) is 26.8 Å². The number of hydrogen-bond acceptors (Lipinski definition) is 6. The quantitative estimate of drug-likeness (QED) is 0.451. The van der Waals surface area contributed by atoms with Crippen molar-refractivity contribution >= 4 is 23.4 Å². The molecule has 0 aliphatic heterocycles. The van der Waals surface area contributed by atoms with E-state index in [4.69, 9.17) is 9.84 Å². The van der Waals surface area contributed by atoms with Gasteiger partial charge in [0.2, 0.25) is 5.91 Å². The first-order valence-corrected chi connectivity index (χ1v) is 10.9. The van der Waals surface area contributed by atoms with Crippen molar-refractivity contribution in [1.82, 2.24) is 10.2 Å². The van der Waals surface area contributed by atoms with Crippen molar-refractivity contribution in [1.29, 1.82) is 0 Å². The van der Waals surface area contributed by atoms with Gasteiger partial charge < -0.3 is 20.1 Å². The maximum absolute atomic E-state index is 13.1. The number of ether oxygens (including phenoxy) is 1. The van der Waals surface area contributed by atoms with Crippen LogP contribution in [0.4, 0.5) is 0 Å². The molecule has 1 rings (SSSR count). The summed E-state index contributed by atoms with van der Waals surface area (Å²) in [5.41, 5.74) is 0.777. The maximum atomic E-state index is 13.1. The molecule has 0 unspecified atom stereocenters. The van der Waals surface area contributed by atoms with Gasteiger partial charge in [0.05, 0.1) is 0 Å². The first-order valence-electron chi connectivity index (χ1n) is 10.9. The number of rotatable bonds is 14. The highest BCUT2D eigenvalue weighted by Crippen LogP contribution is 2.14. The van der Waals surface area contributed by atoms with Gasteiger partial charge in [-0.1, -0.05) is 32.9 Å². The molecule has 0 saturated heterocycles. The van der Waals surface area contributed by atoms with Crippen molar-refractivity contribution in [3.63, 3.8) is 0 Å². The van der Waals surface area contributed by atoms with E-state index in [-0.39, 0.29) is 36.4 Å². The average Bonchev–Trinajstić information content (AvgIpc) is 2.75. The Morgan fingerprint density at radius 3 is 2.22 bits per heavy atom. The van der Waals surface area contributed by atoms with Gasteiger partial charge in [-0.15, -0.1) is 0 Å². The lowest BCUT2D eigenvalue weighted by Crippen LogP contribution is -2.35. The Kier molecular flexibility index (Phi) is 11.8. The minimum absolute atomic E-state index is 0.0352. The summed E-state index contributed by atoms with van der Waals surface area (Å²) in [6, 6.07) is 7.06. The van der Waals surface area contributed by atoms with E-state index in [2.05, 4.69) is 5.32 Å². The molecule has 0 aliphatic carbocycles. The third-order valence-electron chi connectivity index (χ3n) is 4.84. The van der Waals surface area contributed by atoms with Crippen molar-refractivity contribution in [2.75, 3.05) is 33.4 Å². The molecule has 2 N–H and O–H groups in total. The highest BCUT2D eigenvalue weighted by atomic mass is 16.5. The van der Waals surface area contributed by atoms with Crippen LogP contribution in [0.5, 0.6) is 0 Å². The number of aliphatic hydroxyl groups excluding tert-OH is 1. The molecule has 0 aliphatic rings. The molecule has 32 heavy (non-hydrogen) atoms. The molecule has 1 aromatic rings. The Hall–Kier alpha value is -2.58. The Balaban J connectivity index is 2.83. The highest BCUT2D eigenvalue weighted by Gasteiger charge is 2.21. The molecule has 0 saturated carbocycles. The van der Waals surface area contributed by atoms with E-state index in [0.29, 0.717) is 44.5 Å². The van der Waals surface area contributed by atoms with E-state index in [1.54, 1.807) is 23.1 Å². The number of carbonyl (C=O) groups excluding carboxylic acids is 4. The van der Waals surface area contributed by atoms with Gasteiger partial charge in [-0.25, -0.2) is 0 Å². The SMILES string of the molecule is COCC(=O)CCCN(CCCC(=O)CO)C(=O)c1cccc(CNC(=O)C(C)(C)C)c1. The van der Waals surface area contributed by atoms with E-state index >= 15 is 0 Å². The Labute approximate surface area is 190 Å². The Morgan fingerprint density at radius 1 is 1.03 bits per heavy atom. The lowest BCUT2D eigenvalue weighted by atomic mass is 9.95. The highest BCUT2D eigenvalue weighted by molar-refractivity contribution is 5.94. The van der Waals surface area contributed by atoms with Crippen LogP contribution in [0.15, 0.2) is 24.3 Å². The fourth-order valence-electron chi connectivity index (χ4n) is 3.01. The van der Waals surface area contributed by atoms with Crippen LogP contribution in [0.1, 0.15) is 62.4 Å². The second-order valence-corrected chi connectivity index (χ2v) is 8.80. The molecule has 8 heteroatoms. The fraction of sp³-hybridized carbons (Fsp3) is 0.583. The normalized spacial score (nSPS) is 11.2. The van der Waals surface area contributed by atoms with E-state index < -0.39 is 12.0 Å². The molecule has 0 fully saturated rings. The van der Waals surface area contributed by atoms with Crippen molar-refractivity contribution in [2.45, 2.75) is 53.0 Å². The summed E-state index contributed by atoms with van der Waals surface area (Å²) in [7, 11) is 1.46. The summed E-state index contributed by atoms with van der Waals surface area (Å²) in [5, 5.41) is 11.8. The van der Waals surface area contributed by atoms with Crippen LogP contribution in [0.3, 0.4) is 0 Å². The number of Topliss-reactive ketones (excluding diaryl/α,β-unsaturated/α-hetero) is 2. The summed E-state index contributed by atoms with van der Waals surface area (Å²) < 4.78 is 4.83. The van der Waals surface area contributed by atoms with E-state index in [0.717, 1.165) is 5.56 Å². The van der Waals surface area contributed by atoms with Crippen LogP contribution in [-0.4, -0.2) is 66.8 Å². The summed E-state index contributed by atoms with van der Waals surface area (Å²) in [4.78, 5) is 50.0. The number of hydrogen-bond donors (Lipinski definition) is 2. The molecule has 0 atom stereocenters. The topological polar surface area (TPSA) is 113 Å². The summed E-state index contributed by atoms with van der Waals surface area (Å²) in [6.07, 6.45) is 1.40. The third kappa shape index (κ3) is 10.2. The monoisotopic (exact) mass is 448 g/mol. The molecule has 0 heterocycles. The van der Waals surface area contributed by atoms with Crippen molar-refractivity contribution in [3.05, 3.63) is 35.4 Å². The maximum Gasteiger partial charge on any atom is 0.253 e. The van der Waals surface area contributed by atoms with Crippen LogP contribution >= 0.6 is 0 Å². The molecular weight excluding hydrogens is 412 g/mol. The van der Waals surface area contributed by atoms with Gasteiger partial charge in [0.15, 0.2) is 11.6 Å². The zero-order chi connectivity index (χ0) is 24.1. The predicted octanol–water partition coefficient (Wildman–Crippen LogP) is 2.13. The molecule has 0 aromatic heterocycles. The smallest absolute Gasteiger partial charge is 0.253 e. The summed E-state index contributed by atoms with van der Waals surface area (Å²) in [6.45, 7) is 6.05. The number of carbonyl (C=O) groups is 4. The fourth-order valence-corrected chi connectivity index (χ4v) is 3.01. The van der Waals surface area contributed by atoms with Gasteiger partial charge >= 0.3 is 0 Å². The zero-order valence-electron chi connectivity index (χ0n) is 19.6. The Morgan fingerprint density at radius 2 is 1.66 bits per heavy atom. The van der Waals surface area contributed by atoms with Gasteiger partial charge in [0.1, 0.15) is 13.2 Å². The zero-order valence-corrected chi connectivity index (χ0v) is 19.6. The second kappa shape index (κ2) is 13.8. The first-order chi connectivity index (χ1) is 15.1. The van der Waals surface area contributed by atoms with Gasteiger partial charge in [-0.2, -0.15) is 0 Å². The minimum atomic E-state index is -0.512. The first kappa shape index (κ1) is 27.5. The number of nitrogens with zero attached hydrogens (tertiary/aromatic N) is 1. The lowest BCUT2D eigenvalue weighted by Gasteiger charge is -2.23. The molecule has 1 aromatic carbocycles. The minimum Gasteiger partial charge on any atom is -0.389 e. The van der Waals surface area contributed by atoms with E-state index in [1.165, 1.54) is 7.11 Å². The standard InChI is InChI=1S/C24H36N2O6/c1-24(2,3)23(31)25-15-18-8-5-9-19(14-18)22(30)26(12-6-10-20(28)16-27)13-7-11-21(29)17-32-4/h5,8-9,14,27H,6-7,10-13,15-17H2,1-4H3,(H,25,31). The van der Waals surface area contributed by atoms with Crippen LogP contribution < -0.4 is 5.32 Å². The van der Waals surface area contributed by atoms with Gasteiger partial charge in [-0.05, 0) is 30.5 Å². The van der Waals surface area contributed by atoms with Crippen LogP contribution in [0.2, 0.25) is 0 Å². The average molecular weight is 449 g/mol. The molecule has 0 bridgehead atoms. The van der Waals surface area contributed by atoms with Crippen molar-refractivity contribution in [2.24, 2.45) is 5.41 Å². The van der Waals surface area contributed by atoms with Crippen molar-refractivity contribution in [3.8, 4) is 0 Å². The number of ketones is 2. The predicted molar refractivity (Wildman–Crippen MR) is 121 cm³/mol. The lowest BCUT2D eigenvalue weighted by molar-refractivity contribution is -0.128. The number of benzene rings is 1. The van der Waals surface area contributed by atoms with Gasteiger partial charge in [-0.3, -0.25) is 19.2 Å². The van der Waals surface area contributed by atoms with Gasteiger partial charge in [0, 0.05) is 50.6 Å². The molecule has 0 radical (unpaired) electrons. The third-order valence-corrected chi connectivity index (χ3v) is 4.84. The number of nitrogens with one attached hydrogen (secondary N) is 1. The van der Waals surface area contributed by atoms with Crippen LogP contribution in [0.25, 0.3) is 0 Å². The number of aliphatic hydroxyl groups is 1. The second-order valence-electron chi connectivity index (χ2n) is 8.80. The van der Waals surface area contributed by atoms with Gasteiger partial charge in [0.25, 0.3) is 5.91 Å². The summed E-state index contributed by atoms with van der Waals surface area (Å²) >= 11 is 0.